The van der Waals surface area contributed by atoms with Crippen LogP contribution in [0.5, 0.6) is 17.2 Å². The highest BCUT2D eigenvalue weighted by atomic mass is 16.5. The van der Waals surface area contributed by atoms with Crippen molar-refractivity contribution in [2.45, 2.75) is 39.3 Å². The van der Waals surface area contributed by atoms with Crippen molar-refractivity contribution in [2.24, 2.45) is 5.92 Å². The van der Waals surface area contributed by atoms with Crippen LogP contribution in [0.4, 0.5) is 0 Å². The Labute approximate surface area is 189 Å². The number of hydrogen-bond acceptors (Lipinski definition) is 5. The summed E-state index contributed by atoms with van der Waals surface area (Å²) < 4.78 is 17.2. The van der Waals surface area contributed by atoms with E-state index >= 15 is 0 Å². The number of likely N-dealkylation sites (N-methyl/N-ethyl adjacent to an activating group) is 1. The first kappa shape index (κ1) is 23.4. The number of likely N-dealkylation sites (tertiary alicyclic amines) is 1. The van der Waals surface area contributed by atoms with Crippen molar-refractivity contribution in [1.82, 2.24) is 10.2 Å². The first-order chi connectivity index (χ1) is 15.4. The van der Waals surface area contributed by atoms with Gasteiger partial charge in [0.25, 0.3) is 11.8 Å². The molecule has 2 aromatic carbocycles. The second kappa shape index (κ2) is 10.9. The van der Waals surface area contributed by atoms with Crippen LogP contribution in [0.3, 0.4) is 0 Å². The van der Waals surface area contributed by atoms with Crippen molar-refractivity contribution >= 4 is 11.8 Å². The van der Waals surface area contributed by atoms with Crippen molar-refractivity contribution in [3.63, 3.8) is 0 Å². The van der Waals surface area contributed by atoms with E-state index in [1.165, 1.54) is 0 Å². The molecular weight excluding hydrogens is 408 g/mol. The molecule has 0 spiro atoms. The Morgan fingerprint density at radius 3 is 2.53 bits per heavy atom. The molecule has 0 bridgehead atoms. The molecule has 7 heteroatoms. The molecule has 0 saturated carbocycles. The lowest BCUT2D eigenvalue weighted by molar-refractivity contribution is -0.164. The van der Waals surface area contributed by atoms with Gasteiger partial charge in [-0.25, -0.2) is 0 Å². The summed E-state index contributed by atoms with van der Waals surface area (Å²) in [6.07, 6.45) is 0.307. The number of methoxy groups -OCH3 is 1. The van der Waals surface area contributed by atoms with E-state index in [1.807, 2.05) is 54.3 Å². The van der Waals surface area contributed by atoms with Gasteiger partial charge in [0, 0.05) is 13.1 Å². The van der Waals surface area contributed by atoms with Crippen LogP contribution in [-0.4, -0.2) is 49.6 Å². The number of hydrogen-bond donors (Lipinski definition) is 1. The highest BCUT2D eigenvalue weighted by Gasteiger charge is 2.50. The Bertz CT molecular complexity index is 916. The molecule has 0 aliphatic carbocycles. The topological polar surface area (TPSA) is 77.1 Å². The third-order valence-corrected chi connectivity index (χ3v) is 5.36. The zero-order valence-electron chi connectivity index (χ0n) is 19.2. The van der Waals surface area contributed by atoms with E-state index in [4.69, 9.17) is 14.2 Å². The number of β-lactam (4-membered cyclic amide) rings is 1. The van der Waals surface area contributed by atoms with Crippen LogP contribution in [0, 0.1) is 5.92 Å². The molecule has 1 N–H and O–H groups in total. The number of ether oxygens (including phenoxy) is 3. The minimum Gasteiger partial charge on any atom is -0.493 e. The van der Waals surface area contributed by atoms with Crippen LogP contribution in [0.2, 0.25) is 0 Å². The molecular formula is C25H32N2O5. The Morgan fingerprint density at radius 2 is 1.88 bits per heavy atom. The van der Waals surface area contributed by atoms with Crippen LogP contribution in [-0.2, 0) is 9.59 Å². The zero-order valence-corrected chi connectivity index (χ0v) is 19.2. The summed E-state index contributed by atoms with van der Waals surface area (Å²) in [5, 5.41) is 2.70. The average molecular weight is 441 g/mol. The molecule has 2 atom stereocenters. The van der Waals surface area contributed by atoms with Gasteiger partial charge in [-0.1, -0.05) is 38.1 Å². The molecule has 1 heterocycles. The molecule has 172 valence electrons. The summed E-state index contributed by atoms with van der Waals surface area (Å²) >= 11 is 0. The van der Waals surface area contributed by atoms with Gasteiger partial charge in [0.15, 0.2) is 18.1 Å². The average Bonchev–Trinajstić information content (AvgIpc) is 2.79. The van der Waals surface area contributed by atoms with Crippen molar-refractivity contribution in [1.29, 1.82) is 0 Å². The summed E-state index contributed by atoms with van der Waals surface area (Å²) in [7, 11) is 1.55. The standard InChI is InChI=1S/C25H32N2O5/c1-5-26-22(28)16-31-20-12-11-18(15-21(20)30-4)23-24(32-19-9-7-6-8-10-19)25(29)27(23)14-13-17(2)3/h6-12,15,17,23-24H,5,13-14,16H2,1-4H3,(H,26,28)/t23-,24+/m0/s1. The molecule has 2 amide bonds. The van der Waals surface area contributed by atoms with Gasteiger partial charge in [-0.3, -0.25) is 9.59 Å². The Hall–Kier alpha value is -3.22. The van der Waals surface area contributed by atoms with Gasteiger partial charge in [0.1, 0.15) is 11.8 Å². The molecule has 0 aromatic heterocycles. The summed E-state index contributed by atoms with van der Waals surface area (Å²) in [4.78, 5) is 26.5. The Kier molecular flexibility index (Phi) is 7.98. The molecule has 2 aromatic rings. The Balaban J connectivity index is 1.82. The maximum absolute atomic E-state index is 12.9. The molecule has 3 rings (SSSR count). The predicted octanol–water partition coefficient (Wildman–Crippen LogP) is 3.59. The van der Waals surface area contributed by atoms with E-state index in [2.05, 4.69) is 19.2 Å². The normalized spacial score (nSPS) is 17.7. The van der Waals surface area contributed by atoms with Crippen molar-refractivity contribution in [3.05, 3.63) is 54.1 Å². The van der Waals surface area contributed by atoms with Gasteiger partial charge >= 0.3 is 0 Å². The number of nitrogens with zero attached hydrogens (tertiary/aromatic N) is 1. The molecule has 0 unspecified atom stereocenters. The second-order valence-corrected chi connectivity index (χ2v) is 8.16. The number of para-hydroxylation sites is 1. The van der Waals surface area contributed by atoms with Crippen LogP contribution in [0.1, 0.15) is 38.8 Å². The molecule has 1 saturated heterocycles. The smallest absolute Gasteiger partial charge is 0.266 e. The summed E-state index contributed by atoms with van der Waals surface area (Å²) in [5.74, 6) is 1.91. The van der Waals surface area contributed by atoms with E-state index in [0.717, 1.165) is 12.0 Å². The van der Waals surface area contributed by atoms with Gasteiger partial charge in [-0.15, -0.1) is 0 Å². The SMILES string of the molecule is CCNC(=O)COc1ccc([C@H]2[C@@H](Oc3ccccc3)C(=O)N2CCC(C)C)cc1OC. The van der Waals surface area contributed by atoms with Gasteiger partial charge in [0.05, 0.1) is 7.11 Å². The third-order valence-electron chi connectivity index (χ3n) is 5.36. The third kappa shape index (κ3) is 5.52. The largest absolute Gasteiger partial charge is 0.493 e. The number of nitrogens with one attached hydrogen (secondary N) is 1. The van der Waals surface area contributed by atoms with E-state index in [-0.39, 0.29) is 24.5 Å². The fourth-order valence-electron chi connectivity index (χ4n) is 3.66. The number of benzene rings is 2. The van der Waals surface area contributed by atoms with E-state index < -0.39 is 6.10 Å². The van der Waals surface area contributed by atoms with Crippen molar-refractivity contribution < 1.29 is 23.8 Å². The molecule has 7 nitrogen and oxygen atoms in total. The summed E-state index contributed by atoms with van der Waals surface area (Å²) in [6, 6.07) is 14.7. The first-order valence-corrected chi connectivity index (χ1v) is 11.0. The van der Waals surface area contributed by atoms with E-state index in [0.29, 0.717) is 36.3 Å². The van der Waals surface area contributed by atoms with Crippen molar-refractivity contribution in [2.75, 3.05) is 26.8 Å². The zero-order chi connectivity index (χ0) is 23.1. The van der Waals surface area contributed by atoms with Gasteiger partial charge in [-0.05, 0) is 49.1 Å². The fraction of sp³-hybridized carbons (Fsp3) is 0.440. The molecule has 1 fully saturated rings. The van der Waals surface area contributed by atoms with Crippen LogP contribution >= 0.6 is 0 Å². The number of rotatable bonds is 11. The number of carbonyl (C=O) groups excluding carboxylic acids is 2. The summed E-state index contributed by atoms with van der Waals surface area (Å²) in [6.45, 7) is 7.25. The molecule has 1 aliphatic heterocycles. The van der Waals surface area contributed by atoms with Crippen LogP contribution in [0.15, 0.2) is 48.5 Å². The van der Waals surface area contributed by atoms with Crippen molar-refractivity contribution in [3.8, 4) is 17.2 Å². The van der Waals surface area contributed by atoms with Gasteiger partial charge in [0.2, 0.25) is 6.10 Å². The van der Waals surface area contributed by atoms with Crippen LogP contribution < -0.4 is 19.5 Å². The Morgan fingerprint density at radius 1 is 1.12 bits per heavy atom. The molecule has 32 heavy (non-hydrogen) atoms. The number of amides is 2. The highest BCUT2D eigenvalue weighted by molar-refractivity contribution is 5.89. The lowest BCUT2D eigenvalue weighted by Crippen LogP contribution is -2.61. The maximum atomic E-state index is 12.9. The van der Waals surface area contributed by atoms with E-state index in [1.54, 1.807) is 13.2 Å². The lowest BCUT2D eigenvalue weighted by Gasteiger charge is -2.47. The number of carbonyl (C=O) groups is 2. The highest BCUT2D eigenvalue weighted by Crippen LogP contribution is 2.41. The molecule has 1 aliphatic rings. The first-order valence-electron chi connectivity index (χ1n) is 11.0. The monoisotopic (exact) mass is 440 g/mol. The predicted molar refractivity (Wildman–Crippen MR) is 122 cm³/mol. The molecule has 0 radical (unpaired) electrons. The quantitative estimate of drug-likeness (QED) is 0.541. The lowest BCUT2D eigenvalue weighted by atomic mass is 9.89. The fourth-order valence-corrected chi connectivity index (χ4v) is 3.66. The maximum Gasteiger partial charge on any atom is 0.266 e. The van der Waals surface area contributed by atoms with Gasteiger partial charge < -0.3 is 24.4 Å². The summed E-state index contributed by atoms with van der Waals surface area (Å²) in [5.41, 5.74) is 0.900. The minimum atomic E-state index is -0.601. The van der Waals surface area contributed by atoms with E-state index in [9.17, 15) is 9.59 Å². The van der Waals surface area contributed by atoms with Crippen LogP contribution in [0.25, 0.3) is 0 Å². The van der Waals surface area contributed by atoms with Gasteiger partial charge in [-0.2, -0.15) is 0 Å². The minimum absolute atomic E-state index is 0.0185. The second-order valence-electron chi connectivity index (χ2n) is 8.16.